The Balaban J connectivity index is 2.00. The molecule has 0 bridgehead atoms. The van der Waals surface area contributed by atoms with Crippen LogP contribution < -0.4 is 0 Å². The van der Waals surface area contributed by atoms with Crippen LogP contribution in [-0.4, -0.2) is 26.9 Å². The van der Waals surface area contributed by atoms with Gasteiger partial charge in [0.1, 0.15) is 0 Å². The van der Waals surface area contributed by atoms with Crippen LogP contribution in [0.2, 0.25) is 10.6 Å². The van der Waals surface area contributed by atoms with Crippen LogP contribution in [0, 0.1) is 0 Å². The number of hydrogen-bond donors (Lipinski definition) is 0. The van der Waals surface area contributed by atoms with Gasteiger partial charge in [0.2, 0.25) is 0 Å². The number of carbonyl (C=O) groups is 2. The van der Waals surface area contributed by atoms with Crippen molar-refractivity contribution in [1.82, 2.24) is 0 Å². The van der Waals surface area contributed by atoms with E-state index in [0.29, 0.717) is 0 Å². The van der Waals surface area contributed by atoms with Gasteiger partial charge >= 0.3 is 154 Å². The monoisotopic (exact) mass is 406 g/mol. The first-order valence-electron chi connectivity index (χ1n) is 8.08. The minimum atomic E-state index is -0.288. The van der Waals surface area contributed by atoms with Crippen LogP contribution in [0.1, 0.15) is 37.2 Å². The van der Waals surface area contributed by atoms with Crippen LogP contribution in [0.3, 0.4) is 0 Å². The molecular formula is C20H22O4Se. The van der Waals surface area contributed by atoms with Gasteiger partial charge in [-0.15, -0.1) is 0 Å². The molecule has 2 aromatic rings. The summed E-state index contributed by atoms with van der Waals surface area (Å²) in [6.45, 7) is 2.85. The van der Waals surface area contributed by atoms with Crippen molar-refractivity contribution >= 4 is 26.9 Å². The van der Waals surface area contributed by atoms with Gasteiger partial charge in [0.05, 0.1) is 0 Å². The molecule has 2 atom stereocenters. The summed E-state index contributed by atoms with van der Waals surface area (Å²) in [5.74, 6) is -0.575. The Morgan fingerprint density at radius 3 is 1.44 bits per heavy atom. The third-order valence-electron chi connectivity index (χ3n) is 3.50. The first-order chi connectivity index (χ1) is 12.1. The van der Waals surface area contributed by atoms with Crippen molar-refractivity contribution in [1.29, 1.82) is 0 Å². The predicted molar refractivity (Wildman–Crippen MR) is 97.3 cm³/mol. The zero-order chi connectivity index (χ0) is 18.1. The average molecular weight is 405 g/mol. The predicted octanol–water partition coefficient (Wildman–Crippen LogP) is 4.14. The van der Waals surface area contributed by atoms with Crippen LogP contribution in [0.25, 0.3) is 0 Å². The van der Waals surface area contributed by atoms with Crippen molar-refractivity contribution in [2.45, 2.75) is 36.7 Å². The fourth-order valence-electron chi connectivity index (χ4n) is 2.41. The molecule has 0 aromatic heterocycles. The molecule has 2 rings (SSSR count). The summed E-state index contributed by atoms with van der Waals surface area (Å²) >= 11 is 0.145. The Morgan fingerprint density at radius 2 is 1.12 bits per heavy atom. The van der Waals surface area contributed by atoms with Crippen LogP contribution >= 0.6 is 0 Å². The normalized spacial score (nSPS) is 12.9. The number of carbonyl (C=O) groups excluding carboxylic acids is 2. The van der Waals surface area contributed by atoms with E-state index < -0.39 is 0 Å². The average Bonchev–Trinajstić information content (AvgIpc) is 2.61. The fourth-order valence-corrected chi connectivity index (χ4v) is 4.69. The van der Waals surface area contributed by atoms with Gasteiger partial charge in [-0.3, -0.25) is 0 Å². The second-order valence-corrected chi connectivity index (χ2v) is 7.81. The van der Waals surface area contributed by atoms with Crippen LogP contribution in [-0.2, 0) is 19.1 Å². The number of esters is 2. The van der Waals surface area contributed by atoms with E-state index in [4.69, 9.17) is 9.47 Å². The van der Waals surface area contributed by atoms with Gasteiger partial charge < -0.3 is 0 Å². The number of rotatable bonds is 8. The summed E-state index contributed by atoms with van der Waals surface area (Å²) < 4.78 is 10.9. The van der Waals surface area contributed by atoms with Crippen molar-refractivity contribution in [3.8, 4) is 0 Å². The number of hydrogen-bond acceptors (Lipinski definition) is 4. The molecule has 0 amide bonds. The summed E-state index contributed by atoms with van der Waals surface area (Å²) in [5, 5.41) is 1.47. The van der Waals surface area contributed by atoms with Crippen LogP contribution in [0.5, 0.6) is 0 Å². The van der Waals surface area contributed by atoms with Crippen LogP contribution in [0.15, 0.2) is 60.7 Å². The first kappa shape index (κ1) is 19.2. The third-order valence-corrected chi connectivity index (χ3v) is 5.76. The summed E-state index contributed by atoms with van der Waals surface area (Å²) in [7, 11) is 0. The first-order valence-corrected chi connectivity index (χ1v) is 10.5. The van der Waals surface area contributed by atoms with Gasteiger partial charge in [0, 0.05) is 0 Å². The van der Waals surface area contributed by atoms with E-state index in [0.717, 1.165) is 21.8 Å². The molecule has 132 valence electrons. The topological polar surface area (TPSA) is 52.6 Å². The van der Waals surface area contributed by atoms with Crippen molar-refractivity contribution in [2.24, 2.45) is 0 Å². The molecule has 0 radical (unpaired) electrons. The zero-order valence-corrected chi connectivity index (χ0v) is 16.1. The second-order valence-electron chi connectivity index (χ2n) is 5.55. The summed E-state index contributed by atoms with van der Waals surface area (Å²) in [6.07, 6.45) is -0.514. The Kier molecular flexibility index (Phi) is 7.71. The Morgan fingerprint density at radius 1 is 0.760 bits per heavy atom. The van der Waals surface area contributed by atoms with E-state index >= 15 is 0 Å². The molecule has 5 heteroatoms. The van der Waals surface area contributed by atoms with Crippen molar-refractivity contribution in [3.63, 3.8) is 0 Å². The molecule has 0 saturated heterocycles. The van der Waals surface area contributed by atoms with E-state index in [1.807, 2.05) is 60.7 Å². The molecule has 4 nitrogen and oxygen atoms in total. The zero-order valence-electron chi connectivity index (χ0n) is 14.4. The molecule has 0 aliphatic carbocycles. The molecule has 2 aromatic carbocycles. The number of ether oxygens (including phenoxy) is 2. The van der Waals surface area contributed by atoms with Gasteiger partial charge in [0.15, 0.2) is 0 Å². The standard InChI is InChI=1S/C20H22O4Se/c1-15(21)23-19(17-9-5-3-6-10-17)13-25-14-20(24-16(2)22)18-11-7-4-8-12-18/h3-12,19-20H,13-14H2,1-2H3/t19-,20-/m0/s1. The summed E-state index contributed by atoms with van der Waals surface area (Å²) in [4.78, 5) is 22.8. The molecule has 0 aliphatic heterocycles. The van der Waals surface area contributed by atoms with E-state index in [1.165, 1.54) is 13.8 Å². The van der Waals surface area contributed by atoms with E-state index in [9.17, 15) is 9.59 Å². The molecule has 0 saturated carbocycles. The SMILES string of the molecule is CC(=O)O[C@@H](C[Se]C[C@H](OC(C)=O)c1ccccc1)c1ccccc1. The van der Waals surface area contributed by atoms with Gasteiger partial charge in [-0.05, 0) is 0 Å². The van der Waals surface area contributed by atoms with Crippen molar-refractivity contribution < 1.29 is 19.1 Å². The Bertz CT molecular complexity index is 613. The van der Waals surface area contributed by atoms with Crippen molar-refractivity contribution in [3.05, 3.63) is 71.8 Å². The number of benzene rings is 2. The van der Waals surface area contributed by atoms with E-state index in [2.05, 4.69) is 0 Å². The van der Waals surface area contributed by atoms with Gasteiger partial charge in [-0.25, -0.2) is 0 Å². The maximum atomic E-state index is 11.4. The fraction of sp³-hybridized carbons (Fsp3) is 0.300. The van der Waals surface area contributed by atoms with E-state index in [-0.39, 0.29) is 39.1 Å². The quantitative estimate of drug-likeness (QED) is 0.490. The van der Waals surface area contributed by atoms with Gasteiger partial charge in [-0.1, -0.05) is 0 Å². The molecule has 0 spiro atoms. The second kappa shape index (κ2) is 10.0. The van der Waals surface area contributed by atoms with Gasteiger partial charge in [-0.2, -0.15) is 0 Å². The van der Waals surface area contributed by atoms with E-state index in [1.54, 1.807) is 0 Å². The molecule has 0 N–H and O–H groups in total. The van der Waals surface area contributed by atoms with Crippen molar-refractivity contribution in [2.75, 3.05) is 0 Å². The van der Waals surface area contributed by atoms with Gasteiger partial charge in [0.25, 0.3) is 0 Å². The third kappa shape index (κ3) is 6.73. The molecule has 0 aliphatic rings. The minimum absolute atomic E-state index is 0.145. The Labute approximate surface area is 154 Å². The summed E-state index contributed by atoms with van der Waals surface area (Å²) in [6, 6.07) is 19.5. The molecule has 25 heavy (non-hydrogen) atoms. The molecule has 0 fully saturated rings. The molecule has 0 unspecified atom stereocenters. The maximum absolute atomic E-state index is 11.4. The molecular weight excluding hydrogens is 383 g/mol. The Hall–Kier alpha value is -2.10. The summed E-state index contributed by atoms with van der Waals surface area (Å²) in [5.41, 5.74) is 1.98. The van der Waals surface area contributed by atoms with Crippen LogP contribution in [0.4, 0.5) is 0 Å². The molecule has 0 heterocycles.